The van der Waals surface area contributed by atoms with Crippen molar-refractivity contribution in [1.82, 2.24) is 5.43 Å². The summed E-state index contributed by atoms with van der Waals surface area (Å²) < 4.78 is 5.68. The molecule has 2 rings (SSSR count). The van der Waals surface area contributed by atoms with Gasteiger partial charge in [0.25, 0.3) is 5.91 Å². The standard InChI is InChI=1S/C15H19N3O3/c1-10(2)9-21-13-6-4-3-5-11(13)16-15(20)12-7-8-14(19)18-17-12/h3-6,10H,7-9H2,1-2H3,(H,16,20)(H,18,19). The molecule has 0 radical (unpaired) electrons. The van der Waals surface area contributed by atoms with Crippen LogP contribution in [0.3, 0.4) is 0 Å². The Morgan fingerprint density at radius 2 is 2.14 bits per heavy atom. The molecular weight excluding hydrogens is 270 g/mol. The van der Waals surface area contributed by atoms with Gasteiger partial charge in [-0.1, -0.05) is 26.0 Å². The van der Waals surface area contributed by atoms with Crippen LogP contribution < -0.4 is 15.5 Å². The van der Waals surface area contributed by atoms with E-state index in [1.54, 1.807) is 6.07 Å². The largest absolute Gasteiger partial charge is 0.491 e. The first-order valence-corrected chi connectivity index (χ1v) is 6.95. The van der Waals surface area contributed by atoms with E-state index >= 15 is 0 Å². The maximum absolute atomic E-state index is 12.1. The van der Waals surface area contributed by atoms with Crippen molar-refractivity contribution in [2.45, 2.75) is 26.7 Å². The molecule has 2 amide bonds. The van der Waals surface area contributed by atoms with Crippen LogP contribution in [0, 0.1) is 5.92 Å². The second-order valence-corrected chi connectivity index (χ2v) is 5.25. The Kier molecular flexibility index (Phi) is 4.92. The molecule has 0 atom stereocenters. The number of para-hydroxylation sites is 2. The minimum atomic E-state index is -0.324. The van der Waals surface area contributed by atoms with Crippen molar-refractivity contribution in [3.05, 3.63) is 24.3 Å². The zero-order valence-corrected chi connectivity index (χ0v) is 12.2. The number of carbonyl (C=O) groups excluding carboxylic acids is 2. The fraction of sp³-hybridized carbons (Fsp3) is 0.400. The zero-order valence-electron chi connectivity index (χ0n) is 12.2. The number of hydrogen-bond donors (Lipinski definition) is 2. The minimum Gasteiger partial charge on any atom is -0.491 e. The van der Waals surface area contributed by atoms with Gasteiger partial charge in [0.15, 0.2) is 0 Å². The number of anilines is 1. The van der Waals surface area contributed by atoms with Crippen LogP contribution >= 0.6 is 0 Å². The molecule has 0 bridgehead atoms. The second kappa shape index (κ2) is 6.88. The van der Waals surface area contributed by atoms with Gasteiger partial charge in [-0.3, -0.25) is 9.59 Å². The van der Waals surface area contributed by atoms with Crippen molar-refractivity contribution in [2.24, 2.45) is 11.0 Å². The SMILES string of the molecule is CC(C)COc1ccccc1NC(=O)C1=NNC(=O)CC1. The molecule has 2 N–H and O–H groups in total. The van der Waals surface area contributed by atoms with Gasteiger partial charge in [-0.2, -0.15) is 5.10 Å². The van der Waals surface area contributed by atoms with Crippen molar-refractivity contribution < 1.29 is 14.3 Å². The molecule has 0 saturated carbocycles. The van der Waals surface area contributed by atoms with Crippen LogP contribution in [0.15, 0.2) is 29.4 Å². The first kappa shape index (κ1) is 15.0. The lowest BCUT2D eigenvalue weighted by molar-refractivity contribution is -0.121. The molecule has 1 aliphatic heterocycles. The van der Waals surface area contributed by atoms with Gasteiger partial charge in [0, 0.05) is 12.8 Å². The summed E-state index contributed by atoms with van der Waals surface area (Å²) in [6, 6.07) is 7.25. The summed E-state index contributed by atoms with van der Waals surface area (Å²) in [5, 5.41) is 6.55. The van der Waals surface area contributed by atoms with Gasteiger partial charge in [0.1, 0.15) is 11.5 Å². The maximum Gasteiger partial charge on any atom is 0.271 e. The zero-order chi connectivity index (χ0) is 15.2. The molecule has 0 spiro atoms. The monoisotopic (exact) mass is 289 g/mol. The van der Waals surface area contributed by atoms with Crippen molar-refractivity contribution >= 4 is 23.2 Å². The fourth-order valence-corrected chi connectivity index (χ4v) is 1.78. The number of carbonyl (C=O) groups is 2. The molecule has 0 saturated heterocycles. The Balaban J connectivity index is 2.05. The topological polar surface area (TPSA) is 79.8 Å². The summed E-state index contributed by atoms with van der Waals surface area (Å²) in [5.41, 5.74) is 3.22. The number of hydrogen-bond acceptors (Lipinski definition) is 4. The highest BCUT2D eigenvalue weighted by atomic mass is 16.5. The number of amides is 2. The van der Waals surface area contributed by atoms with Gasteiger partial charge in [0.05, 0.1) is 12.3 Å². The van der Waals surface area contributed by atoms with E-state index in [4.69, 9.17) is 4.74 Å². The van der Waals surface area contributed by atoms with Gasteiger partial charge in [-0.25, -0.2) is 5.43 Å². The van der Waals surface area contributed by atoms with Crippen LogP contribution in [0.25, 0.3) is 0 Å². The summed E-state index contributed by atoms with van der Waals surface area (Å²) in [6.07, 6.45) is 0.616. The van der Waals surface area contributed by atoms with E-state index in [2.05, 4.69) is 29.7 Å². The molecule has 6 heteroatoms. The Morgan fingerprint density at radius 3 is 2.81 bits per heavy atom. The number of benzene rings is 1. The molecule has 0 aliphatic carbocycles. The average molecular weight is 289 g/mol. The molecule has 0 fully saturated rings. The van der Waals surface area contributed by atoms with E-state index in [0.29, 0.717) is 36.1 Å². The highest BCUT2D eigenvalue weighted by Crippen LogP contribution is 2.24. The molecule has 1 heterocycles. The summed E-state index contributed by atoms with van der Waals surface area (Å²) >= 11 is 0. The lowest BCUT2D eigenvalue weighted by Gasteiger charge is -2.15. The molecule has 1 aliphatic rings. The van der Waals surface area contributed by atoms with Gasteiger partial charge in [-0.15, -0.1) is 0 Å². The smallest absolute Gasteiger partial charge is 0.271 e. The van der Waals surface area contributed by atoms with E-state index in [1.165, 1.54) is 0 Å². The lowest BCUT2D eigenvalue weighted by atomic mass is 10.1. The number of hydrazone groups is 1. The Hall–Kier alpha value is -2.37. The van der Waals surface area contributed by atoms with Crippen molar-refractivity contribution in [2.75, 3.05) is 11.9 Å². The first-order valence-electron chi connectivity index (χ1n) is 6.95. The third kappa shape index (κ3) is 4.30. The minimum absolute atomic E-state index is 0.174. The maximum atomic E-state index is 12.1. The molecule has 6 nitrogen and oxygen atoms in total. The van der Waals surface area contributed by atoms with Crippen LogP contribution in [-0.2, 0) is 9.59 Å². The summed E-state index contributed by atoms with van der Waals surface area (Å²) in [5.74, 6) is 0.523. The quantitative estimate of drug-likeness (QED) is 0.869. The second-order valence-electron chi connectivity index (χ2n) is 5.25. The number of ether oxygens (including phenoxy) is 1. The number of nitrogens with one attached hydrogen (secondary N) is 2. The molecular formula is C15H19N3O3. The van der Waals surface area contributed by atoms with E-state index in [-0.39, 0.29) is 18.2 Å². The summed E-state index contributed by atoms with van der Waals surface area (Å²) in [4.78, 5) is 23.1. The van der Waals surface area contributed by atoms with Gasteiger partial charge in [0.2, 0.25) is 5.91 Å². The Bertz CT molecular complexity index is 567. The van der Waals surface area contributed by atoms with Gasteiger partial charge >= 0.3 is 0 Å². The number of rotatable bonds is 5. The molecule has 1 aromatic rings. The predicted octanol–water partition coefficient (Wildman–Crippen LogP) is 1.93. The van der Waals surface area contributed by atoms with E-state index < -0.39 is 0 Å². The van der Waals surface area contributed by atoms with Crippen molar-refractivity contribution in [1.29, 1.82) is 0 Å². The first-order chi connectivity index (χ1) is 10.1. The van der Waals surface area contributed by atoms with E-state index in [0.717, 1.165) is 0 Å². The highest BCUT2D eigenvalue weighted by molar-refractivity contribution is 6.43. The normalized spacial score (nSPS) is 14.4. The Morgan fingerprint density at radius 1 is 1.38 bits per heavy atom. The lowest BCUT2D eigenvalue weighted by Crippen LogP contribution is -2.32. The predicted molar refractivity (Wildman–Crippen MR) is 80.2 cm³/mol. The van der Waals surface area contributed by atoms with Crippen LogP contribution in [0.1, 0.15) is 26.7 Å². The highest BCUT2D eigenvalue weighted by Gasteiger charge is 2.19. The summed E-state index contributed by atoms with van der Waals surface area (Å²) in [6.45, 7) is 4.69. The van der Waals surface area contributed by atoms with Crippen LogP contribution in [0.5, 0.6) is 5.75 Å². The molecule has 0 aromatic heterocycles. The summed E-state index contributed by atoms with van der Waals surface area (Å²) in [7, 11) is 0. The fourth-order valence-electron chi connectivity index (χ4n) is 1.78. The van der Waals surface area contributed by atoms with Crippen LogP contribution in [-0.4, -0.2) is 24.1 Å². The van der Waals surface area contributed by atoms with Gasteiger partial charge < -0.3 is 10.1 Å². The molecule has 1 aromatic carbocycles. The molecule has 112 valence electrons. The van der Waals surface area contributed by atoms with E-state index in [1.807, 2.05) is 18.2 Å². The van der Waals surface area contributed by atoms with Crippen LogP contribution in [0.2, 0.25) is 0 Å². The van der Waals surface area contributed by atoms with Crippen molar-refractivity contribution in [3.8, 4) is 5.75 Å². The Labute approximate surface area is 123 Å². The number of nitrogens with zero attached hydrogens (tertiary/aromatic N) is 1. The van der Waals surface area contributed by atoms with Crippen LogP contribution in [0.4, 0.5) is 5.69 Å². The van der Waals surface area contributed by atoms with Crippen molar-refractivity contribution in [3.63, 3.8) is 0 Å². The average Bonchev–Trinajstić information content (AvgIpc) is 2.47. The molecule has 21 heavy (non-hydrogen) atoms. The molecule has 0 unspecified atom stereocenters. The van der Waals surface area contributed by atoms with E-state index in [9.17, 15) is 9.59 Å². The van der Waals surface area contributed by atoms with Gasteiger partial charge in [-0.05, 0) is 18.1 Å². The third-order valence-corrected chi connectivity index (χ3v) is 2.87. The third-order valence-electron chi connectivity index (χ3n) is 2.87.